The fourth-order valence-corrected chi connectivity index (χ4v) is 4.02. The molecule has 2 N–H and O–H groups in total. The van der Waals surface area contributed by atoms with E-state index in [9.17, 15) is 14.9 Å². The van der Waals surface area contributed by atoms with E-state index in [1.807, 2.05) is 62.4 Å². The van der Waals surface area contributed by atoms with Gasteiger partial charge in [-0.05, 0) is 25.0 Å². The maximum atomic E-state index is 12.6. The van der Waals surface area contributed by atoms with E-state index in [0.29, 0.717) is 0 Å². The number of aryl methyl sites for hydroxylation is 2. The van der Waals surface area contributed by atoms with Gasteiger partial charge in [0.05, 0.1) is 6.07 Å². The molecule has 0 saturated heterocycles. The van der Waals surface area contributed by atoms with Gasteiger partial charge >= 0.3 is 0 Å². The molecule has 2 aromatic carbocycles. The Hall–Kier alpha value is -2.93. The lowest BCUT2D eigenvalue weighted by molar-refractivity contribution is -0.132. The maximum absolute atomic E-state index is 12.6. The number of nitrogens with two attached hydrogens (primary N) is 1. The summed E-state index contributed by atoms with van der Waals surface area (Å²) in [6.07, 6.45) is 0.309. The molecule has 0 spiro atoms. The molecule has 0 heterocycles. The standard InChI is InChI=1S/C22H22N2O2/c1-14-3-7-16(8-4-14)19-11-18(25)12-20(22(19,13-23)21(24)26)17-9-5-15(2)6-10-17/h3-10,19-20H,11-12H2,1-2H3,(H2,24,26)/t19-,20+,22?. The van der Waals surface area contributed by atoms with Crippen LogP contribution in [0.4, 0.5) is 0 Å². The number of hydrogen-bond donors (Lipinski definition) is 1. The molecule has 3 rings (SSSR count). The van der Waals surface area contributed by atoms with Crippen LogP contribution in [0.3, 0.4) is 0 Å². The molecule has 132 valence electrons. The zero-order valence-corrected chi connectivity index (χ0v) is 15.0. The Kier molecular flexibility index (Phi) is 4.65. The van der Waals surface area contributed by atoms with Crippen LogP contribution in [0.25, 0.3) is 0 Å². The fourth-order valence-electron chi connectivity index (χ4n) is 4.02. The molecule has 2 aromatic rings. The van der Waals surface area contributed by atoms with Crippen LogP contribution in [0.15, 0.2) is 48.5 Å². The van der Waals surface area contributed by atoms with Crippen LogP contribution in [0.2, 0.25) is 0 Å². The second-order valence-corrected chi connectivity index (χ2v) is 7.22. The van der Waals surface area contributed by atoms with Crippen LogP contribution < -0.4 is 5.73 Å². The first-order valence-corrected chi connectivity index (χ1v) is 8.74. The minimum atomic E-state index is -1.45. The predicted molar refractivity (Wildman–Crippen MR) is 99.3 cm³/mol. The van der Waals surface area contributed by atoms with Crippen molar-refractivity contribution in [3.8, 4) is 6.07 Å². The molecule has 0 radical (unpaired) electrons. The third-order valence-electron chi connectivity index (χ3n) is 5.52. The molecule has 1 fully saturated rings. The van der Waals surface area contributed by atoms with E-state index in [1.54, 1.807) is 0 Å². The fraction of sp³-hybridized carbons (Fsp3) is 0.318. The van der Waals surface area contributed by atoms with Crippen LogP contribution in [0, 0.1) is 30.6 Å². The molecule has 4 heteroatoms. The van der Waals surface area contributed by atoms with Gasteiger partial charge in [0.25, 0.3) is 0 Å². The lowest BCUT2D eigenvalue weighted by Gasteiger charge is -2.42. The molecule has 0 aliphatic heterocycles. The highest BCUT2D eigenvalue weighted by Crippen LogP contribution is 2.53. The summed E-state index contributed by atoms with van der Waals surface area (Å²) in [6, 6.07) is 17.5. The Morgan fingerprint density at radius 2 is 1.35 bits per heavy atom. The van der Waals surface area contributed by atoms with Gasteiger partial charge in [0.2, 0.25) is 5.91 Å². The largest absolute Gasteiger partial charge is 0.368 e. The number of ketones is 1. The van der Waals surface area contributed by atoms with Gasteiger partial charge in [-0.2, -0.15) is 5.26 Å². The highest BCUT2D eigenvalue weighted by molar-refractivity contribution is 5.92. The van der Waals surface area contributed by atoms with E-state index in [-0.39, 0.29) is 18.6 Å². The van der Waals surface area contributed by atoms with Gasteiger partial charge in [0, 0.05) is 24.7 Å². The summed E-state index contributed by atoms with van der Waals surface area (Å²) in [5.74, 6) is -1.70. The minimum absolute atomic E-state index is 0.0493. The summed E-state index contributed by atoms with van der Waals surface area (Å²) in [5.41, 5.74) is 8.12. The maximum Gasteiger partial charge on any atom is 0.239 e. The van der Waals surface area contributed by atoms with Crippen molar-refractivity contribution in [3.63, 3.8) is 0 Å². The highest BCUT2D eigenvalue weighted by atomic mass is 16.1. The van der Waals surface area contributed by atoms with E-state index in [2.05, 4.69) is 6.07 Å². The third kappa shape index (κ3) is 2.90. The van der Waals surface area contributed by atoms with Gasteiger partial charge in [-0.25, -0.2) is 0 Å². The summed E-state index contributed by atoms with van der Waals surface area (Å²) in [6.45, 7) is 3.94. The Labute approximate surface area is 153 Å². The van der Waals surface area contributed by atoms with E-state index in [1.165, 1.54) is 0 Å². The van der Waals surface area contributed by atoms with Crippen molar-refractivity contribution < 1.29 is 9.59 Å². The van der Waals surface area contributed by atoms with Crippen molar-refractivity contribution in [2.75, 3.05) is 0 Å². The number of hydrogen-bond acceptors (Lipinski definition) is 3. The lowest BCUT2D eigenvalue weighted by Crippen LogP contribution is -2.49. The van der Waals surface area contributed by atoms with E-state index >= 15 is 0 Å². The zero-order chi connectivity index (χ0) is 18.9. The SMILES string of the molecule is Cc1ccc([C@H]2CC(=O)C[C@@H](c3ccc(C)cc3)C2(C#N)C(N)=O)cc1. The van der Waals surface area contributed by atoms with E-state index in [4.69, 9.17) is 5.73 Å². The average molecular weight is 346 g/mol. The average Bonchev–Trinajstić information content (AvgIpc) is 2.62. The number of rotatable bonds is 3. The number of Topliss-reactive ketones (excluding diaryl/α,β-unsaturated/α-hetero) is 1. The van der Waals surface area contributed by atoms with Gasteiger partial charge < -0.3 is 5.73 Å². The molecule has 26 heavy (non-hydrogen) atoms. The summed E-state index contributed by atoms with van der Waals surface area (Å²) < 4.78 is 0. The third-order valence-corrected chi connectivity index (χ3v) is 5.52. The molecule has 1 saturated carbocycles. The van der Waals surface area contributed by atoms with Gasteiger partial charge in [0.1, 0.15) is 11.2 Å². The molecule has 1 amide bonds. The Balaban J connectivity index is 2.18. The van der Waals surface area contributed by atoms with Crippen molar-refractivity contribution in [3.05, 3.63) is 70.8 Å². The van der Waals surface area contributed by atoms with E-state index < -0.39 is 23.2 Å². The van der Waals surface area contributed by atoms with Crippen molar-refractivity contribution >= 4 is 11.7 Å². The molecule has 0 aromatic heterocycles. The van der Waals surface area contributed by atoms with Crippen molar-refractivity contribution in [1.82, 2.24) is 0 Å². The van der Waals surface area contributed by atoms with Crippen LogP contribution in [-0.2, 0) is 9.59 Å². The molecule has 0 bridgehead atoms. The molecule has 3 atom stereocenters. The number of carbonyl (C=O) groups is 2. The highest BCUT2D eigenvalue weighted by Gasteiger charge is 2.56. The number of nitriles is 1. The number of amides is 1. The van der Waals surface area contributed by atoms with Crippen molar-refractivity contribution in [2.45, 2.75) is 38.5 Å². The quantitative estimate of drug-likeness (QED) is 0.922. The molecule has 4 nitrogen and oxygen atoms in total. The summed E-state index contributed by atoms with van der Waals surface area (Å²) >= 11 is 0. The molecular weight excluding hydrogens is 324 g/mol. The minimum Gasteiger partial charge on any atom is -0.368 e. The zero-order valence-electron chi connectivity index (χ0n) is 15.0. The molecule has 1 aliphatic carbocycles. The number of primary amides is 1. The molecule has 1 unspecified atom stereocenters. The van der Waals surface area contributed by atoms with E-state index in [0.717, 1.165) is 22.3 Å². The Morgan fingerprint density at radius 1 is 0.962 bits per heavy atom. The first-order chi connectivity index (χ1) is 12.4. The molecule has 1 aliphatic rings. The summed E-state index contributed by atoms with van der Waals surface area (Å²) in [5, 5.41) is 10.1. The Bertz CT molecular complexity index is 818. The topological polar surface area (TPSA) is 83.9 Å². The van der Waals surface area contributed by atoms with Gasteiger partial charge in [-0.1, -0.05) is 59.7 Å². The monoisotopic (exact) mass is 346 g/mol. The van der Waals surface area contributed by atoms with Crippen LogP contribution in [-0.4, -0.2) is 11.7 Å². The first kappa shape index (κ1) is 17.9. The van der Waals surface area contributed by atoms with Gasteiger partial charge in [-0.3, -0.25) is 9.59 Å². The first-order valence-electron chi connectivity index (χ1n) is 8.74. The predicted octanol–water partition coefficient (Wildman–Crippen LogP) is 3.53. The second-order valence-electron chi connectivity index (χ2n) is 7.22. The summed E-state index contributed by atoms with van der Waals surface area (Å²) in [4.78, 5) is 25.1. The van der Waals surface area contributed by atoms with Crippen molar-refractivity contribution in [2.24, 2.45) is 11.1 Å². The van der Waals surface area contributed by atoms with Gasteiger partial charge in [-0.15, -0.1) is 0 Å². The second kappa shape index (κ2) is 6.76. The number of nitrogens with zero attached hydrogens (tertiary/aromatic N) is 1. The normalized spacial score (nSPS) is 25.5. The lowest BCUT2D eigenvalue weighted by atomic mass is 9.56. The number of carbonyl (C=O) groups excluding carboxylic acids is 2. The van der Waals surface area contributed by atoms with Crippen LogP contribution in [0.1, 0.15) is 46.9 Å². The summed E-state index contributed by atoms with van der Waals surface area (Å²) in [7, 11) is 0. The van der Waals surface area contributed by atoms with Crippen LogP contribution >= 0.6 is 0 Å². The van der Waals surface area contributed by atoms with Crippen molar-refractivity contribution in [1.29, 1.82) is 5.26 Å². The smallest absolute Gasteiger partial charge is 0.239 e. The molecular formula is C22H22N2O2. The van der Waals surface area contributed by atoms with Gasteiger partial charge in [0.15, 0.2) is 0 Å². The Morgan fingerprint density at radius 3 is 1.65 bits per heavy atom. The van der Waals surface area contributed by atoms with Crippen LogP contribution in [0.5, 0.6) is 0 Å². The number of benzene rings is 2.